The van der Waals surface area contributed by atoms with Crippen LogP contribution in [0.25, 0.3) is 0 Å². The van der Waals surface area contributed by atoms with Crippen molar-refractivity contribution >= 4 is 11.4 Å². The minimum absolute atomic E-state index is 0.449. The van der Waals surface area contributed by atoms with Gasteiger partial charge in [0.1, 0.15) is 0 Å². The SMILES string of the molecule is CCOC1CCN(c2ccc(N)cc2C)CC1. The molecule has 2 N–H and O–H groups in total. The molecule has 1 heterocycles. The fourth-order valence-corrected chi connectivity index (χ4v) is 2.53. The molecule has 0 unspecified atom stereocenters. The van der Waals surface area contributed by atoms with Gasteiger partial charge in [0.15, 0.2) is 0 Å². The van der Waals surface area contributed by atoms with Gasteiger partial charge < -0.3 is 15.4 Å². The Labute approximate surface area is 104 Å². The summed E-state index contributed by atoms with van der Waals surface area (Å²) in [5.74, 6) is 0. The first-order valence-corrected chi connectivity index (χ1v) is 6.43. The molecule has 1 aromatic rings. The molecule has 2 rings (SSSR count). The van der Waals surface area contributed by atoms with Crippen molar-refractivity contribution in [3.8, 4) is 0 Å². The largest absolute Gasteiger partial charge is 0.399 e. The smallest absolute Gasteiger partial charge is 0.0608 e. The molecule has 1 aromatic carbocycles. The lowest BCUT2D eigenvalue weighted by molar-refractivity contribution is 0.0459. The van der Waals surface area contributed by atoms with Crippen LogP contribution in [-0.2, 0) is 4.74 Å². The summed E-state index contributed by atoms with van der Waals surface area (Å²) in [5.41, 5.74) is 9.20. The van der Waals surface area contributed by atoms with E-state index >= 15 is 0 Å². The maximum absolute atomic E-state index is 5.78. The van der Waals surface area contributed by atoms with E-state index in [0.29, 0.717) is 6.10 Å². The average Bonchev–Trinajstić information content (AvgIpc) is 2.31. The first kappa shape index (κ1) is 12.2. The first-order chi connectivity index (χ1) is 8.20. The molecule has 3 heteroatoms. The summed E-state index contributed by atoms with van der Waals surface area (Å²) < 4.78 is 5.67. The molecule has 1 fully saturated rings. The Morgan fingerprint density at radius 1 is 1.35 bits per heavy atom. The zero-order valence-electron chi connectivity index (χ0n) is 10.8. The van der Waals surface area contributed by atoms with Crippen molar-refractivity contribution in [3.63, 3.8) is 0 Å². The van der Waals surface area contributed by atoms with Crippen molar-refractivity contribution in [2.45, 2.75) is 32.8 Å². The minimum Gasteiger partial charge on any atom is -0.399 e. The highest BCUT2D eigenvalue weighted by Crippen LogP contribution is 2.26. The first-order valence-electron chi connectivity index (χ1n) is 6.43. The molecule has 0 radical (unpaired) electrons. The van der Waals surface area contributed by atoms with Crippen LogP contribution in [0, 0.1) is 6.92 Å². The van der Waals surface area contributed by atoms with Gasteiger partial charge >= 0.3 is 0 Å². The van der Waals surface area contributed by atoms with Crippen molar-refractivity contribution < 1.29 is 4.74 Å². The quantitative estimate of drug-likeness (QED) is 0.817. The van der Waals surface area contributed by atoms with Gasteiger partial charge in [-0.05, 0) is 50.5 Å². The predicted octanol–water partition coefficient (Wildman–Crippen LogP) is 2.58. The summed E-state index contributed by atoms with van der Waals surface area (Å²) in [5, 5.41) is 0. The molecule has 0 saturated carbocycles. The van der Waals surface area contributed by atoms with E-state index in [9.17, 15) is 0 Å². The number of rotatable bonds is 3. The monoisotopic (exact) mass is 234 g/mol. The minimum atomic E-state index is 0.449. The Morgan fingerprint density at radius 2 is 2.06 bits per heavy atom. The number of anilines is 2. The van der Waals surface area contributed by atoms with Crippen molar-refractivity contribution in [3.05, 3.63) is 23.8 Å². The lowest BCUT2D eigenvalue weighted by atomic mass is 10.0. The lowest BCUT2D eigenvalue weighted by Gasteiger charge is -2.34. The summed E-state index contributed by atoms with van der Waals surface area (Å²) in [6, 6.07) is 6.16. The van der Waals surface area contributed by atoms with Gasteiger partial charge in [0.2, 0.25) is 0 Å². The molecule has 0 atom stereocenters. The third kappa shape index (κ3) is 2.91. The van der Waals surface area contributed by atoms with Crippen LogP contribution in [0.3, 0.4) is 0 Å². The van der Waals surface area contributed by atoms with E-state index in [0.717, 1.165) is 38.2 Å². The number of hydrogen-bond acceptors (Lipinski definition) is 3. The highest BCUT2D eigenvalue weighted by atomic mass is 16.5. The fraction of sp³-hybridized carbons (Fsp3) is 0.571. The van der Waals surface area contributed by atoms with Crippen molar-refractivity contribution in [1.82, 2.24) is 0 Å². The van der Waals surface area contributed by atoms with Gasteiger partial charge in [-0.2, -0.15) is 0 Å². The second-order valence-electron chi connectivity index (χ2n) is 4.69. The maximum Gasteiger partial charge on any atom is 0.0608 e. The number of nitrogen functional groups attached to an aromatic ring is 1. The Balaban J connectivity index is 2.00. The van der Waals surface area contributed by atoms with Gasteiger partial charge in [0.25, 0.3) is 0 Å². The molecule has 1 aliphatic heterocycles. The molecular weight excluding hydrogens is 212 g/mol. The number of hydrogen-bond donors (Lipinski definition) is 1. The predicted molar refractivity (Wildman–Crippen MR) is 72.5 cm³/mol. The van der Waals surface area contributed by atoms with Crippen LogP contribution in [0.4, 0.5) is 11.4 Å². The van der Waals surface area contributed by atoms with E-state index in [2.05, 4.69) is 24.8 Å². The summed E-state index contributed by atoms with van der Waals surface area (Å²) >= 11 is 0. The average molecular weight is 234 g/mol. The summed E-state index contributed by atoms with van der Waals surface area (Å²) in [7, 11) is 0. The standard InChI is InChI=1S/C14H22N2O/c1-3-17-13-6-8-16(9-7-13)14-5-4-12(15)10-11(14)2/h4-5,10,13H,3,6-9,15H2,1-2H3. The molecule has 0 aliphatic carbocycles. The number of nitrogens with zero attached hydrogens (tertiary/aromatic N) is 1. The molecule has 3 nitrogen and oxygen atoms in total. The van der Waals surface area contributed by atoms with E-state index in [1.54, 1.807) is 0 Å². The van der Waals surface area contributed by atoms with E-state index in [4.69, 9.17) is 10.5 Å². The Morgan fingerprint density at radius 3 is 2.65 bits per heavy atom. The van der Waals surface area contributed by atoms with Crippen molar-refractivity contribution in [1.29, 1.82) is 0 Å². The van der Waals surface area contributed by atoms with Crippen LogP contribution in [0.1, 0.15) is 25.3 Å². The van der Waals surface area contributed by atoms with Crippen molar-refractivity contribution in [2.24, 2.45) is 0 Å². The Kier molecular flexibility index (Phi) is 3.89. The highest BCUT2D eigenvalue weighted by molar-refractivity contribution is 5.59. The van der Waals surface area contributed by atoms with Crippen LogP contribution >= 0.6 is 0 Å². The van der Waals surface area contributed by atoms with Crippen molar-refractivity contribution in [2.75, 3.05) is 30.3 Å². The third-order valence-corrected chi connectivity index (χ3v) is 3.41. The second kappa shape index (κ2) is 5.41. The molecule has 0 bridgehead atoms. The Hall–Kier alpha value is -1.22. The van der Waals surface area contributed by atoms with Crippen LogP contribution in [0.5, 0.6) is 0 Å². The number of piperidine rings is 1. The van der Waals surface area contributed by atoms with Crippen LogP contribution in [0.15, 0.2) is 18.2 Å². The van der Waals surface area contributed by atoms with E-state index < -0.39 is 0 Å². The van der Waals surface area contributed by atoms with E-state index in [1.807, 2.05) is 12.1 Å². The summed E-state index contributed by atoms with van der Waals surface area (Å²) in [6.45, 7) is 7.17. The number of benzene rings is 1. The van der Waals surface area contributed by atoms with Gasteiger partial charge in [-0.1, -0.05) is 0 Å². The lowest BCUT2D eigenvalue weighted by Crippen LogP contribution is -2.37. The van der Waals surface area contributed by atoms with E-state index in [-0.39, 0.29) is 0 Å². The topological polar surface area (TPSA) is 38.5 Å². The molecule has 1 aliphatic rings. The molecular formula is C14H22N2O. The number of ether oxygens (including phenoxy) is 1. The molecule has 0 spiro atoms. The van der Waals surface area contributed by atoms with Crippen LogP contribution in [0.2, 0.25) is 0 Å². The van der Waals surface area contributed by atoms with E-state index in [1.165, 1.54) is 11.3 Å². The third-order valence-electron chi connectivity index (χ3n) is 3.41. The molecule has 17 heavy (non-hydrogen) atoms. The van der Waals surface area contributed by atoms with Crippen LogP contribution in [-0.4, -0.2) is 25.8 Å². The molecule has 0 aromatic heterocycles. The van der Waals surface area contributed by atoms with Crippen LogP contribution < -0.4 is 10.6 Å². The van der Waals surface area contributed by atoms with Gasteiger partial charge in [0.05, 0.1) is 6.10 Å². The number of nitrogens with two attached hydrogens (primary N) is 1. The zero-order chi connectivity index (χ0) is 12.3. The fourth-order valence-electron chi connectivity index (χ4n) is 2.53. The molecule has 1 saturated heterocycles. The second-order valence-corrected chi connectivity index (χ2v) is 4.69. The van der Waals surface area contributed by atoms with Gasteiger partial charge in [-0.3, -0.25) is 0 Å². The zero-order valence-corrected chi connectivity index (χ0v) is 10.8. The van der Waals surface area contributed by atoms with Gasteiger partial charge in [0, 0.05) is 31.1 Å². The molecule has 94 valence electrons. The maximum atomic E-state index is 5.78. The van der Waals surface area contributed by atoms with Gasteiger partial charge in [-0.25, -0.2) is 0 Å². The number of aryl methyl sites for hydroxylation is 1. The van der Waals surface area contributed by atoms with Gasteiger partial charge in [-0.15, -0.1) is 0 Å². The summed E-state index contributed by atoms with van der Waals surface area (Å²) in [4.78, 5) is 2.43. The highest BCUT2D eigenvalue weighted by Gasteiger charge is 2.20. The Bertz CT molecular complexity index is 370. The molecule has 0 amide bonds. The normalized spacial score (nSPS) is 17.4. The summed E-state index contributed by atoms with van der Waals surface area (Å²) in [6.07, 6.45) is 2.69.